The number of hydrogen-bond acceptors (Lipinski definition) is 8. The van der Waals surface area contributed by atoms with Crippen molar-refractivity contribution in [1.82, 2.24) is 9.74 Å². The summed E-state index contributed by atoms with van der Waals surface area (Å²) in [5, 5.41) is 42.4. The fourth-order valence-electron chi connectivity index (χ4n) is 2.35. The maximum absolute atomic E-state index is 13.1. The Bertz CT molecular complexity index is 853. The SMILES string of the molecule is COCC(=O)Nc1c(I)c(C(=O)NC(CO)CO)c(I)c(C(=O)N(Cl)C(CO)CO)c1I. The van der Waals surface area contributed by atoms with Crippen LogP contribution in [0.2, 0.25) is 0 Å². The van der Waals surface area contributed by atoms with Crippen molar-refractivity contribution in [3.8, 4) is 0 Å². The van der Waals surface area contributed by atoms with Crippen LogP contribution in [0.5, 0.6) is 0 Å². The van der Waals surface area contributed by atoms with Crippen LogP contribution >= 0.6 is 79.5 Å². The Morgan fingerprint density at radius 3 is 1.97 bits per heavy atom. The predicted molar refractivity (Wildman–Crippen MR) is 141 cm³/mol. The number of aliphatic hydroxyl groups excluding tert-OH is 4. The Balaban J connectivity index is 3.72. The molecule has 3 amide bonds. The van der Waals surface area contributed by atoms with Crippen LogP contribution in [-0.2, 0) is 9.53 Å². The second-order valence-corrected chi connectivity index (χ2v) is 9.82. The van der Waals surface area contributed by atoms with Crippen molar-refractivity contribution in [3.05, 3.63) is 21.8 Å². The summed E-state index contributed by atoms with van der Waals surface area (Å²) >= 11 is 11.5. The molecule has 6 N–H and O–H groups in total. The average molecular weight is 812 g/mol. The van der Waals surface area contributed by atoms with Gasteiger partial charge < -0.3 is 35.8 Å². The van der Waals surface area contributed by atoms with Gasteiger partial charge in [0.1, 0.15) is 6.61 Å². The fourth-order valence-corrected chi connectivity index (χ4v) is 6.94. The fraction of sp³-hybridized carbons (Fsp3) is 0.471. The minimum absolute atomic E-state index is 0.00389. The second-order valence-electron chi connectivity index (χ2n) is 6.22. The summed E-state index contributed by atoms with van der Waals surface area (Å²) in [6.07, 6.45) is 0. The molecule has 32 heavy (non-hydrogen) atoms. The second kappa shape index (κ2) is 14.3. The summed E-state index contributed by atoms with van der Waals surface area (Å²) in [4.78, 5) is 38.3. The van der Waals surface area contributed by atoms with E-state index < -0.39 is 56.2 Å². The lowest BCUT2D eigenvalue weighted by Crippen LogP contribution is -2.42. The quantitative estimate of drug-likeness (QED) is 0.135. The first-order valence-corrected chi connectivity index (χ1v) is 12.4. The van der Waals surface area contributed by atoms with E-state index >= 15 is 0 Å². The lowest BCUT2D eigenvalue weighted by molar-refractivity contribution is -0.119. The Kier molecular flexibility index (Phi) is 13.4. The van der Waals surface area contributed by atoms with Gasteiger partial charge in [-0.15, -0.1) is 0 Å². The summed E-state index contributed by atoms with van der Waals surface area (Å²) < 4.78 is 6.18. The number of nitrogens with one attached hydrogen (secondary N) is 2. The number of nitrogens with zero attached hydrogens (tertiary/aromatic N) is 1. The summed E-state index contributed by atoms with van der Waals surface area (Å²) in [6, 6.07) is -2.05. The van der Waals surface area contributed by atoms with Gasteiger partial charge in [0, 0.05) is 22.5 Å². The molecule has 0 aliphatic rings. The molecule has 0 unspecified atom stereocenters. The molecule has 0 saturated heterocycles. The highest BCUT2D eigenvalue weighted by Crippen LogP contribution is 2.37. The summed E-state index contributed by atoms with van der Waals surface area (Å²) in [7, 11) is 1.33. The predicted octanol–water partition coefficient (Wildman–Crippen LogP) is 0.117. The van der Waals surface area contributed by atoms with Gasteiger partial charge in [-0.25, -0.2) is 4.42 Å². The average Bonchev–Trinajstić information content (AvgIpc) is 2.75. The van der Waals surface area contributed by atoms with E-state index in [1.807, 2.05) is 45.2 Å². The molecule has 1 rings (SSSR count). The van der Waals surface area contributed by atoms with Gasteiger partial charge >= 0.3 is 0 Å². The molecule has 0 atom stereocenters. The van der Waals surface area contributed by atoms with E-state index in [1.54, 1.807) is 22.6 Å². The van der Waals surface area contributed by atoms with Crippen molar-refractivity contribution in [2.24, 2.45) is 0 Å². The van der Waals surface area contributed by atoms with E-state index in [4.69, 9.17) is 16.5 Å². The molecule has 11 nitrogen and oxygen atoms in total. The first-order chi connectivity index (χ1) is 15.1. The normalized spacial score (nSPS) is 11.1. The number of benzene rings is 1. The van der Waals surface area contributed by atoms with Crippen molar-refractivity contribution in [2.75, 3.05) is 45.5 Å². The van der Waals surface area contributed by atoms with Gasteiger partial charge in [0.25, 0.3) is 11.8 Å². The molecule has 0 aromatic heterocycles. The number of carbonyl (C=O) groups excluding carboxylic acids is 3. The van der Waals surface area contributed by atoms with Crippen LogP contribution < -0.4 is 10.6 Å². The minimum Gasteiger partial charge on any atom is -0.394 e. The highest BCUT2D eigenvalue weighted by Gasteiger charge is 2.33. The van der Waals surface area contributed by atoms with Gasteiger partial charge in [0.2, 0.25) is 5.91 Å². The number of aliphatic hydroxyl groups is 4. The highest BCUT2D eigenvalue weighted by atomic mass is 127. The molecule has 0 aliphatic heterocycles. The van der Waals surface area contributed by atoms with Crippen LogP contribution in [0.4, 0.5) is 5.69 Å². The number of methoxy groups -OCH3 is 1. The number of halogens is 4. The van der Waals surface area contributed by atoms with Crippen LogP contribution in [0.15, 0.2) is 0 Å². The first-order valence-electron chi connectivity index (χ1n) is 8.82. The van der Waals surface area contributed by atoms with Crippen molar-refractivity contribution in [2.45, 2.75) is 12.1 Å². The Morgan fingerprint density at radius 1 is 0.969 bits per heavy atom. The Morgan fingerprint density at radius 2 is 1.50 bits per heavy atom. The molecule has 1 aromatic rings. The Hall–Kier alpha value is -0.0900. The highest BCUT2D eigenvalue weighted by molar-refractivity contribution is 14.1. The van der Waals surface area contributed by atoms with Crippen molar-refractivity contribution >= 4 is 103 Å². The standard InChI is InChI=1S/C17H21ClI3N3O8/c1-32-6-9(29)23-15-13(20)10(16(30)22-7(2-25)3-26)12(19)11(14(15)21)17(31)24(18)8(4-27)5-28/h7-8,25-28H,2-6H2,1H3,(H,22,30)(H,23,29). The van der Waals surface area contributed by atoms with Gasteiger partial charge in [-0.1, -0.05) is 0 Å². The van der Waals surface area contributed by atoms with Gasteiger partial charge in [-0.2, -0.15) is 0 Å². The number of amides is 3. The van der Waals surface area contributed by atoms with Gasteiger partial charge in [0.15, 0.2) is 0 Å². The van der Waals surface area contributed by atoms with Crippen molar-refractivity contribution in [1.29, 1.82) is 0 Å². The van der Waals surface area contributed by atoms with Gasteiger partial charge in [-0.05, 0) is 67.8 Å². The summed E-state index contributed by atoms with van der Waals surface area (Å²) in [5.41, 5.74) is 0.112. The Labute approximate surface area is 229 Å². The van der Waals surface area contributed by atoms with Crippen LogP contribution in [0.25, 0.3) is 0 Å². The largest absolute Gasteiger partial charge is 0.394 e. The molecule has 0 heterocycles. The van der Waals surface area contributed by atoms with Crippen LogP contribution in [-0.4, -0.2) is 94.8 Å². The van der Waals surface area contributed by atoms with Crippen LogP contribution in [0.3, 0.4) is 0 Å². The molecule has 15 heteroatoms. The van der Waals surface area contributed by atoms with E-state index in [1.165, 1.54) is 7.11 Å². The molecule has 0 radical (unpaired) electrons. The van der Waals surface area contributed by atoms with E-state index in [9.17, 15) is 34.8 Å². The maximum atomic E-state index is 13.1. The zero-order valence-corrected chi connectivity index (χ0v) is 23.8. The topological polar surface area (TPSA) is 169 Å². The first kappa shape index (κ1) is 29.9. The number of anilines is 1. The van der Waals surface area contributed by atoms with Gasteiger partial charge in [0.05, 0.1) is 62.5 Å². The molecule has 0 fully saturated rings. The lowest BCUT2D eigenvalue weighted by Gasteiger charge is -2.25. The number of carbonyl (C=O) groups is 3. The third-order valence-electron chi connectivity index (χ3n) is 4.01. The van der Waals surface area contributed by atoms with Crippen LogP contribution in [0.1, 0.15) is 20.7 Å². The molecular weight excluding hydrogens is 790 g/mol. The number of hydrogen-bond donors (Lipinski definition) is 6. The maximum Gasteiger partial charge on any atom is 0.270 e. The van der Waals surface area contributed by atoms with E-state index in [-0.39, 0.29) is 30.6 Å². The molecule has 1 aromatic carbocycles. The van der Waals surface area contributed by atoms with Crippen molar-refractivity contribution < 1.29 is 39.5 Å². The third kappa shape index (κ3) is 7.20. The minimum atomic E-state index is -1.10. The molecule has 0 aliphatic carbocycles. The molecule has 0 saturated carbocycles. The lowest BCUT2D eigenvalue weighted by atomic mass is 10.1. The summed E-state index contributed by atoms with van der Waals surface area (Å²) in [6.45, 7) is -2.54. The monoisotopic (exact) mass is 811 g/mol. The molecule has 0 spiro atoms. The van der Waals surface area contributed by atoms with E-state index in [2.05, 4.69) is 10.6 Å². The smallest absolute Gasteiger partial charge is 0.270 e. The third-order valence-corrected chi connectivity index (χ3v) is 7.68. The molecular formula is C17H21ClI3N3O8. The number of rotatable bonds is 11. The van der Waals surface area contributed by atoms with E-state index in [0.29, 0.717) is 7.99 Å². The van der Waals surface area contributed by atoms with Crippen molar-refractivity contribution in [3.63, 3.8) is 0 Å². The zero-order chi connectivity index (χ0) is 24.6. The molecule has 0 bridgehead atoms. The summed E-state index contributed by atoms with van der Waals surface area (Å²) in [5.74, 6) is -2.06. The number of ether oxygens (including phenoxy) is 1. The van der Waals surface area contributed by atoms with Crippen LogP contribution in [0, 0.1) is 10.7 Å². The molecule has 180 valence electrons. The van der Waals surface area contributed by atoms with E-state index in [0.717, 1.165) is 0 Å². The zero-order valence-electron chi connectivity index (χ0n) is 16.6. The van der Waals surface area contributed by atoms with Gasteiger partial charge in [-0.3, -0.25) is 14.4 Å².